The second kappa shape index (κ2) is 4.96. The zero-order valence-corrected chi connectivity index (χ0v) is 11.0. The Morgan fingerprint density at radius 2 is 2.24 bits per heavy atom. The first kappa shape index (κ1) is 12.2. The monoisotopic (exact) mass is 234 g/mol. The van der Waals surface area contributed by atoms with Crippen molar-refractivity contribution in [3.05, 3.63) is 23.3 Å². The minimum Gasteiger partial charge on any atom is -0.495 e. The Bertz CT molecular complexity index is 386. The van der Waals surface area contributed by atoms with E-state index >= 15 is 0 Å². The van der Waals surface area contributed by atoms with Gasteiger partial charge in [-0.2, -0.15) is 0 Å². The fourth-order valence-corrected chi connectivity index (χ4v) is 2.79. The first-order valence-corrected chi connectivity index (χ1v) is 6.27. The molecule has 3 nitrogen and oxygen atoms in total. The lowest BCUT2D eigenvalue weighted by Gasteiger charge is -2.37. The highest BCUT2D eigenvalue weighted by atomic mass is 16.5. The number of hydrogen-bond donors (Lipinski definition) is 1. The molecule has 1 aliphatic heterocycles. The van der Waals surface area contributed by atoms with Crippen molar-refractivity contribution >= 4 is 5.69 Å². The number of nitrogens with two attached hydrogens (primary N) is 1. The van der Waals surface area contributed by atoms with Crippen molar-refractivity contribution < 1.29 is 4.74 Å². The number of nitrogens with zero attached hydrogens (tertiary/aromatic N) is 1. The SMILES string of the molecule is COc1cc(C)cc2c1N(C)C(CCN)CC2. The molecule has 0 amide bonds. The summed E-state index contributed by atoms with van der Waals surface area (Å²) in [5.74, 6) is 0.990. The molecule has 2 rings (SSSR count). The molecular weight excluding hydrogens is 212 g/mol. The van der Waals surface area contributed by atoms with Crippen LogP contribution in [0.3, 0.4) is 0 Å². The van der Waals surface area contributed by atoms with E-state index in [0.717, 1.165) is 25.1 Å². The number of hydrogen-bond acceptors (Lipinski definition) is 3. The van der Waals surface area contributed by atoms with Gasteiger partial charge in [-0.3, -0.25) is 0 Å². The van der Waals surface area contributed by atoms with Gasteiger partial charge in [-0.25, -0.2) is 0 Å². The normalized spacial score (nSPS) is 19.1. The van der Waals surface area contributed by atoms with Gasteiger partial charge in [0, 0.05) is 13.1 Å². The number of aryl methyl sites for hydroxylation is 2. The van der Waals surface area contributed by atoms with Gasteiger partial charge < -0.3 is 15.4 Å². The molecule has 0 radical (unpaired) electrons. The lowest BCUT2D eigenvalue weighted by atomic mass is 9.93. The van der Waals surface area contributed by atoms with Gasteiger partial charge in [0.15, 0.2) is 0 Å². The molecule has 0 aromatic heterocycles. The third-order valence-electron chi connectivity index (χ3n) is 3.67. The van der Waals surface area contributed by atoms with Crippen LogP contribution in [-0.2, 0) is 6.42 Å². The highest BCUT2D eigenvalue weighted by molar-refractivity contribution is 5.66. The van der Waals surface area contributed by atoms with Gasteiger partial charge in [-0.05, 0) is 49.9 Å². The highest BCUT2D eigenvalue weighted by Crippen LogP contribution is 2.39. The average Bonchev–Trinajstić information content (AvgIpc) is 2.31. The van der Waals surface area contributed by atoms with Gasteiger partial charge >= 0.3 is 0 Å². The number of anilines is 1. The Hall–Kier alpha value is -1.22. The van der Waals surface area contributed by atoms with Crippen molar-refractivity contribution in [2.75, 3.05) is 25.6 Å². The Morgan fingerprint density at radius 3 is 2.88 bits per heavy atom. The van der Waals surface area contributed by atoms with E-state index in [2.05, 4.69) is 31.0 Å². The van der Waals surface area contributed by atoms with Crippen LogP contribution in [0, 0.1) is 6.92 Å². The highest BCUT2D eigenvalue weighted by Gasteiger charge is 2.25. The summed E-state index contributed by atoms with van der Waals surface area (Å²) in [5.41, 5.74) is 9.60. The summed E-state index contributed by atoms with van der Waals surface area (Å²) >= 11 is 0. The molecule has 94 valence electrons. The van der Waals surface area contributed by atoms with Crippen molar-refractivity contribution in [1.82, 2.24) is 0 Å². The number of ether oxygens (including phenoxy) is 1. The molecule has 1 heterocycles. The van der Waals surface area contributed by atoms with Gasteiger partial charge in [-0.1, -0.05) is 6.07 Å². The summed E-state index contributed by atoms with van der Waals surface area (Å²) in [6.45, 7) is 2.87. The van der Waals surface area contributed by atoms with E-state index in [0.29, 0.717) is 6.04 Å². The smallest absolute Gasteiger partial charge is 0.142 e. The van der Waals surface area contributed by atoms with E-state index in [1.165, 1.54) is 23.2 Å². The first-order valence-electron chi connectivity index (χ1n) is 6.27. The van der Waals surface area contributed by atoms with Gasteiger partial charge in [0.05, 0.1) is 12.8 Å². The lowest BCUT2D eigenvalue weighted by molar-refractivity contribution is 0.408. The zero-order chi connectivity index (χ0) is 12.4. The van der Waals surface area contributed by atoms with Gasteiger partial charge in [-0.15, -0.1) is 0 Å². The van der Waals surface area contributed by atoms with Crippen LogP contribution in [0.4, 0.5) is 5.69 Å². The second-order valence-corrected chi connectivity index (χ2v) is 4.86. The molecule has 1 aromatic rings. The third-order valence-corrected chi connectivity index (χ3v) is 3.67. The lowest BCUT2D eigenvalue weighted by Crippen LogP contribution is -2.37. The second-order valence-electron chi connectivity index (χ2n) is 4.86. The maximum atomic E-state index is 5.68. The molecule has 2 N–H and O–H groups in total. The van der Waals surface area contributed by atoms with E-state index in [4.69, 9.17) is 10.5 Å². The minimum absolute atomic E-state index is 0.545. The van der Waals surface area contributed by atoms with E-state index < -0.39 is 0 Å². The number of rotatable bonds is 3. The Kier molecular flexibility index (Phi) is 3.57. The molecule has 0 spiro atoms. The predicted octanol–water partition coefficient (Wildman–Crippen LogP) is 2.10. The molecule has 0 fully saturated rings. The molecule has 1 unspecified atom stereocenters. The molecule has 17 heavy (non-hydrogen) atoms. The van der Waals surface area contributed by atoms with Crippen molar-refractivity contribution in [3.63, 3.8) is 0 Å². The number of fused-ring (bicyclic) bond motifs is 1. The Labute approximate surface area is 104 Å². The van der Waals surface area contributed by atoms with Crippen LogP contribution < -0.4 is 15.4 Å². The fraction of sp³-hybridized carbons (Fsp3) is 0.571. The topological polar surface area (TPSA) is 38.5 Å². The fourth-order valence-electron chi connectivity index (χ4n) is 2.79. The van der Waals surface area contributed by atoms with E-state index in [1.807, 2.05) is 0 Å². The van der Waals surface area contributed by atoms with Crippen LogP contribution in [0.25, 0.3) is 0 Å². The van der Waals surface area contributed by atoms with Crippen LogP contribution in [0.15, 0.2) is 12.1 Å². The predicted molar refractivity (Wildman–Crippen MR) is 71.9 cm³/mol. The van der Waals surface area contributed by atoms with Gasteiger partial charge in [0.1, 0.15) is 5.75 Å². The summed E-state index contributed by atoms with van der Waals surface area (Å²) in [6, 6.07) is 4.93. The van der Waals surface area contributed by atoms with E-state index in [1.54, 1.807) is 7.11 Å². The molecule has 1 aliphatic rings. The summed E-state index contributed by atoms with van der Waals surface area (Å²) in [7, 11) is 3.89. The maximum Gasteiger partial charge on any atom is 0.142 e. The van der Waals surface area contributed by atoms with E-state index in [9.17, 15) is 0 Å². The van der Waals surface area contributed by atoms with E-state index in [-0.39, 0.29) is 0 Å². The molecule has 0 saturated carbocycles. The summed E-state index contributed by atoms with van der Waals surface area (Å²) in [5, 5.41) is 0. The zero-order valence-electron chi connectivity index (χ0n) is 11.0. The molecule has 0 saturated heterocycles. The minimum atomic E-state index is 0.545. The Morgan fingerprint density at radius 1 is 1.47 bits per heavy atom. The Balaban J connectivity index is 2.40. The van der Waals surface area contributed by atoms with Crippen LogP contribution in [0.1, 0.15) is 24.0 Å². The first-order chi connectivity index (χ1) is 8.17. The van der Waals surface area contributed by atoms with Crippen LogP contribution in [0.2, 0.25) is 0 Å². The summed E-state index contributed by atoms with van der Waals surface area (Å²) in [4.78, 5) is 2.34. The number of benzene rings is 1. The largest absolute Gasteiger partial charge is 0.495 e. The average molecular weight is 234 g/mol. The van der Waals surface area contributed by atoms with Gasteiger partial charge in [0.25, 0.3) is 0 Å². The molecular formula is C14H22N2O. The summed E-state index contributed by atoms with van der Waals surface area (Å²) in [6.07, 6.45) is 3.36. The standard InChI is InChI=1S/C14H22N2O/c1-10-8-11-4-5-12(6-7-15)16(2)14(11)13(9-10)17-3/h8-9,12H,4-7,15H2,1-3H3. The quantitative estimate of drug-likeness (QED) is 0.870. The van der Waals surface area contributed by atoms with Crippen molar-refractivity contribution in [3.8, 4) is 5.75 Å². The molecule has 1 atom stereocenters. The van der Waals surface area contributed by atoms with Gasteiger partial charge in [0.2, 0.25) is 0 Å². The van der Waals surface area contributed by atoms with Crippen molar-refractivity contribution in [2.24, 2.45) is 5.73 Å². The number of methoxy groups -OCH3 is 1. The molecule has 3 heteroatoms. The molecule has 0 bridgehead atoms. The van der Waals surface area contributed by atoms with Crippen LogP contribution in [0.5, 0.6) is 5.75 Å². The van der Waals surface area contributed by atoms with Crippen LogP contribution in [-0.4, -0.2) is 26.7 Å². The summed E-state index contributed by atoms with van der Waals surface area (Å²) < 4.78 is 5.52. The van der Waals surface area contributed by atoms with Crippen molar-refractivity contribution in [1.29, 1.82) is 0 Å². The molecule has 0 aliphatic carbocycles. The van der Waals surface area contributed by atoms with Crippen molar-refractivity contribution in [2.45, 2.75) is 32.2 Å². The maximum absolute atomic E-state index is 5.68. The molecule has 1 aromatic carbocycles. The van der Waals surface area contributed by atoms with Crippen LogP contribution >= 0.6 is 0 Å². The third kappa shape index (κ3) is 2.25.